The predicted molar refractivity (Wildman–Crippen MR) is 171 cm³/mol. The van der Waals surface area contributed by atoms with Crippen molar-refractivity contribution < 1.29 is 33.8 Å². The van der Waals surface area contributed by atoms with Crippen molar-refractivity contribution in [2.45, 2.75) is 50.3 Å². The molecule has 0 aromatic heterocycles. The van der Waals surface area contributed by atoms with Crippen LogP contribution in [0.1, 0.15) is 55.4 Å². The zero-order chi connectivity index (χ0) is 32.6. The van der Waals surface area contributed by atoms with Crippen LogP contribution < -0.4 is 10.6 Å². The number of amides is 3. The largest absolute Gasteiger partial charge is 0.455 e. The number of likely N-dealkylation sites (tertiary alicyclic amines) is 1. The molecular formula is C35H45N3O7. The lowest BCUT2D eigenvalue weighted by atomic mass is 9.97. The summed E-state index contributed by atoms with van der Waals surface area (Å²) in [6.45, 7) is 8.41. The quantitative estimate of drug-likeness (QED) is 0.132. The lowest BCUT2D eigenvalue weighted by Crippen LogP contribution is -2.50. The van der Waals surface area contributed by atoms with Crippen LogP contribution in [0.2, 0.25) is 0 Å². The van der Waals surface area contributed by atoms with Crippen molar-refractivity contribution in [3.05, 3.63) is 97.1 Å². The second-order valence-corrected chi connectivity index (χ2v) is 11.1. The number of hydrogen-bond acceptors (Lipinski definition) is 7. The summed E-state index contributed by atoms with van der Waals surface area (Å²) >= 11 is 0. The smallest absolute Gasteiger partial charge is 0.310 e. The van der Waals surface area contributed by atoms with Gasteiger partial charge in [0.05, 0.1) is 31.2 Å². The van der Waals surface area contributed by atoms with Gasteiger partial charge in [-0.05, 0) is 36.8 Å². The van der Waals surface area contributed by atoms with E-state index in [1.807, 2.05) is 12.1 Å². The predicted octanol–water partition coefficient (Wildman–Crippen LogP) is 3.65. The van der Waals surface area contributed by atoms with E-state index in [1.54, 1.807) is 59.5 Å². The topological polar surface area (TPSA) is 134 Å². The Balaban J connectivity index is 1.82. The molecule has 2 aromatic carbocycles. The first-order valence-electron chi connectivity index (χ1n) is 15.3. The van der Waals surface area contributed by atoms with Crippen molar-refractivity contribution in [1.82, 2.24) is 15.5 Å². The normalized spacial score (nSPS) is 16.0. The van der Waals surface area contributed by atoms with Crippen LogP contribution in [0.4, 0.5) is 0 Å². The van der Waals surface area contributed by atoms with Crippen LogP contribution in [0.3, 0.4) is 0 Å². The average molecular weight is 620 g/mol. The molecule has 3 rings (SSSR count). The first-order valence-corrected chi connectivity index (χ1v) is 15.3. The lowest BCUT2D eigenvalue weighted by molar-refractivity contribution is -0.160. The number of ether oxygens (including phenoxy) is 2. The van der Waals surface area contributed by atoms with Crippen LogP contribution in [0.15, 0.2) is 86.0 Å². The number of nitrogens with one attached hydrogen (secondary N) is 2. The van der Waals surface area contributed by atoms with Crippen molar-refractivity contribution in [2.24, 2.45) is 11.8 Å². The van der Waals surface area contributed by atoms with Gasteiger partial charge >= 0.3 is 5.97 Å². The van der Waals surface area contributed by atoms with Crippen LogP contribution in [-0.4, -0.2) is 73.2 Å². The Morgan fingerprint density at radius 1 is 0.889 bits per heavy atom. The van der Waals surface area contributed by atoms with Gasteiger partial charge in [0.25, 0.3) is 0 Å². The third-order valence-electron chi connectivity index (χ3n) is 7.81. The molecule has 0 spiro atoms. The third-order valence-corrected chi connectivity index (χ3v) is 7.81. The van der Waals surface area contributed by atoms with Gasteiger partial charge < -0.3 is 30.1 Å². The van der Waals surface area contributed by atoms with E-state index in [4.69, 9.17) is 9.47 Å². The molecule has 1 saturated heterocycles. The minimum absolute atomic E-state index is 0.0112. The van der Waals surface area contributed by atoms with Gasteiger partial charge in [-0.3, -0.25) is 19.2 Å². The molecule has 10 heteroatoms. The Labute approximate surface area is 265 Å². The van der Waals surface area contributed by atoms with E-state index in [2.05, 4.69) is 23.8 Å². The molecule has 45 heavy (non-hydrogen) atoms. The average Bonchev–Trinajstić information content (AvgIpc) is 3.61. The Morgan fingerprint density at radius 3 is 2.02 bits per heavy atom. The molecule has 0 saturated carbocycles. The number of methoxy groups -OCH3 is 1. The fourth-order valence-corrected chi connectivity index (χ4v) is 5.38. The number of aliphatic hydroxyl groups excluding tert-OH is 1. The number of nitrogens with zero attached hydrogens (tertiary/aromatic N) is 1. The molecule has 0 bridgehead atoms. The summed E-state index contributed by atoms with van der Waals surface area (Å²) in [5, 5.41) is 15.6. The van der Waals surface area contributed by atoms with Crippen LogP contribution in [0.25, 0.3) is 0 Å². The first-order chi connectivity index (χ1) is 21.8. The zero-order valence-corrected chi connectivity index (χ0v) is 25.9. The zero-order valence-electron chi connectivity index (χ0n) is 25.9. The highest BCUT2D eigenvalue weighted by Gasteiger charge is 2.35. The van der Waals surface area contributed by atoms with Gasteiger partial charge in [0.1, 0.15) is 12.0 Å². The molecule has 0 radical (unpaired) electrons. The molecule has 1 aliphatic rings. The number of hydrogen-bond donors (Lipinski definition) is 3. The van der Waals surface area contributed by atoms with Gasteiger partial charge in [-0.1, -0.05) is 72.8 Å². The number of aliphatic hydroxyl groups is 1. The highest BCUT2D eigenvalue weighted by Crippen LogP contribution is 2.27. The van der Waals surface area contributed by atoms with Crippen LogP contribution in [0.5, 0.6) is 0 Å². The number of carbonyl (C=O) groups is 4. The van der Waals surface area contributed by atoms with Crippen molar-refractivity contribution in [3.63, 3.8) is 0 Å². The van der Waals surface area contributed by atoms with Crippen LogP contribution in [0, 0.1) is 11.8 Å². The molecule has 1 heterocycles. The molecule has 5 atom stereocenters. The number of carbonyl (C=O) groups excluding carboxylic acids is 4. The fourth-order valence-electron chi connectivity index (χ4n) is 5.38. The second kappa shape index (κ2) is 18.5. The van der Waals surface area contributed by atoms with E-state index >= 15 is 0 Å². The SMILES string of the molecule is C=CCC(C(=O)N[C@@H](CO)c1ccccc1)C(=O)N[C@@H](COC)[C@@H](OC(=O)[C@H](CC=C)CC(=O)N1CCCC1)c1ccccc1. The van der Waals surface area contributed by atoms with Crippen LogP contribution in [-0.2, 0) is 28.7 Å². The summed E-state index contributed by atoms with van der Waals surface area (Å²) < 4.78 is 11.5. The van der Waals surface area contributed by atoms with Gasteiger partial charge in [-0.15, -0.1) is 13.2 Å². The maximum absolute atomic E-state index is 13.7. The standard InChI is InChI=1S/C35H45N3O7/c1-4-14-27(22-31(40)38-20-12-13-21-38)35(43)45-32(26-18-10-7-11-19-26)30(24-44-3)37-34(42)28(15-5-2)33(41)36-29(23-39)25-16-8-6-9-17-25/h4-11,16-19,27-30,32,39H,1-2,12-15,20-24H2,3H3,(H,36,41)(H,37,42)/t27-,28?,29+,30+,32+/m1/s1. The maximum Gasteiger partial charge on any atom is 0.310 e. The summed E-state index contributed by atoms with van der Waals surface area (Å²) in [5.41, 5.74) is 1.29. The van der Waals surface area contributed by atoms with E-state index in [9.17, 15) is 24.3 Å². The molecule has 1 unspecified atom stereocenters. The Hall–Kier alpha value is -4.28. The summed E-state index contributed by atoms with van der Waals surface area (Å²) in [5.74, 6) is -3.86. The first kappa shape index (κ1) is 35.2. The third kappa shape index (κ3) is 10.4. The van der Waals surface area contributed by atoms with E-state index in [-0.39, 0.29) is 38.4 Å². The minimum Gasteiger partial charge on any atom is -0.455 e. The van der Waals surface area contributed by atoms with Crippen LogP contribution >= 0.6 is 0 Å². The molecule has 2 aromatic rings. The lowest BCUT2D eigenvalue weighted by Gasteiger charge is -2.30. The number of benzene rings is 2. The molecule has 10 nitrogen and oxygen atoms in total. The van der Waals surface area contributed by atoms with E-state index in [1.165, 1.54) is 13.2 Å². The van der Waals surface area contributed by atoms with E-state index in [0.717, 1.165) is 12.8 Å². The molecule has 3 amide bonds. The molecule has 3 N–H and O–H groups in total. The van der Waals surface area contributed by atoms with Crippen molar-refractivity contribution in [1.29, 1.82) is 0 Å². The van der Waals surface area contributed by atoms with Crippen molar-refractivity contribution in [2.75, 3.05) is 33.4 Å². The maximum atomic E-state index is 13.7. The highest BCUT2D eigenvalue weighted by atomic mass is 16.5. The van der Waals surface area contributed by atoms with Gasteiger partial charge in [0.2, 0.25) is 17.7 Å². The minimum atomic E-state index is -1.18. The molecule has 1 aliphatic heterocycles. The summed E-state index contributed by atoms with van der Waals surface area (Å²) in [6.07, 6.45) is 4.21. The van der Waals surface area contributed by atoms with E-state index < -0.39 is 47.8 Å². The van der Waals surface area contributed by atoms with Gasteiger partial charge in [0.15, 0.2) is 0 Å². The molecule has 0 aliphatic carbocycles. The van der Waals surface area contributed by atoms with E-state index in [0.29, 0.717) is 24.2 Å². The van der Waals surface area contributed by atoms with Crippen molar-refractivity contribution >= 4 is 23.7 Å². The molecule has 1 fully saturated rings. The number of rotatable bonds is 18. The monoisotopic (exact) mass is 619 g/mol. The summed E-state index contributed by atoms with van der Waals surface area (Å²) in [6, 6.07) is 16.3. The van der Waals surface area contributed by atoms with Crippen molar-refractivity contribution in [3.8, 4) is 0 Å². The van der Waals surface area contributed by atoms with Gasteiger partial charge in [-0.2, -0.15) is 0 Å². The number of esters is 1. The summed E-state index contributed by atoms with van der Waals surface area (Å²) in [7, 11) is 1.46. The second-order valence-electron chi connectivity index (χ2n) is 11.1. The molecular weight excluding hydrogens is 574 g/mol. The highest BCUT2D eigenvalue weighted by molar-refractivity contribution is 6.00. The Kier molecular flexibility index (Phi) is 14.5. The fraction of sp³-hybridized carbons (Fsp3) is 0.429. The Bertz CT molecular complexity index is 1260. The van der Waals surface area contributed by atoms with Gasteiger partial charge in [-0.25, -0.2) is 0 Å². The summed E-state index contributed by atoms with van der Waals surface area (Å²) in [4.78, 5) is 55.3. The van der Waals surface area contributed by atoms with Gasteiger partial charge in [0, 0.05) is 26.6 Å². The molecule has 242 valence electrons. The Morgan fingerprint density at radius 2 is 1.47 bits per heavy atom. The number of allylic oxidation sites excluding steroid dienone is 2.